The van der Waals surface area contributed by atoms with E-state index in [4.69, 9.17) is 4.52 Å². The van der Waals surface area contributed by atoms with E-state index < -0.39 is 10.0 Å². The molecule has 0 atom stereocenters. The van der Waals surface area contributed by atoms with Gasteiger partial charge in [-0.3, -0.25) is 4.79 Å². The molecule has 2 aromatic rings. The van der Waals surface area contributed by atoms with Crippen molar-refractivity contribution in [1.29, 1.82) is 0 Å². The van der Waals surface area contributed by atoms with Gasteiger partial charge in [0.15, 0.2) is 11.5 Å². The fourth-order valence-electron chi connectivity index (χ4n) is 3.46. The number of hydrogen-bond donors (Lipinski definition) is 0. The topological polar surface area (TPSA) is 80.5 Å². The molecule has 1 aromatic carbocycles. The molecular weight excluding hydrogens is 352 g/mol. The number of ketones is 1. The summed E-state index contributed by atoms with van der Waals surface area (Å²) in [5, 5.41) is 3.74. The summed E-state index contributed by atoms with van der Waals surface area (Å²) in [7, 11) is -3.64. The van der Waals surface area contributed by atoms with Crippen LogP contribution in [0, 0.1) is 33.6 Å². The van der Waals surface area contributed by atoms with Crippen LogP contribution in [0.3, 0.4) is 0 Å². The first-order valence-corrected chi connectivity index (χ1v) is 10.2. The molecule has 0 aliphatic carbocycles. The van der Waals surface area contributed by atoms with Crippen LogP contribution in [0.1, 0.15) is 45.8 Å². The molecule has 0 saturated carbocycles. The first-order valence-electron chi connectivity index (χ1n) is 8.76. The Morgan fingerprint density at radius 3 is 2.31 bits per heavy atom. The molecule has 1 aliphatic rings. The molecule has 1 saturated heterocycles. The summed E-state index contributed by atoms with van der Waals surface area (Å²) in [5.74, 6) is 0.256. The maximum atomic E-state index is 12.9. The minimum atomic E-state index is -3.64. The Hall–Kier alpha value is -1.99. The number of piperidine rings is 1. The minimum Gasteiger partial charge on any atom is -0.360 e. The molecule has 0 N–H and O–H groups in total. The van der Waals surface area contributed by atoms with Crippen molar-refractivity contribution in [3.8, 4) is 0 Å². The lowest BCUT2D eigenvalue weighted by atomic mass is 9.88. The van der Waals surface area contributed by atoms with Crippen LogP contribution in [0.15, 0.2) is 27.6 Å². The van der Waals surface area contributed by atoms with E-state index in [9.17, 15) is 13.2 Å². The molecule has 0 amide bonds. The van der Waals surface area contributed by atoms with Gasteiger partial charge in [-0.1, -0.05) is 17.3 Å². The molecule has 1 aromatic heterocycles. The second-order valence-electron chi connectivity index (χ2n) is 6.99. The Labute approximate surface area is 154 Å². The predicted octanol–water partition coefficient (Wildman–Crippen LogP) is 3.19. The van der Waals surface area contributed by atoms with E-state index in [-0.39, 0.29) is 16.6 Å². The summed E-state index contributed by atoms with van der Waals surface area (Å²) in [6, 6.07) is 5.74. The van der Waals surface area contributed by atoms with E-state index in [0.29, 0.717) is 42.9 Å². The van der Waals surface area contributed by atoms with E-state index in [1.807, 2.05) is 32.0 Å². The Bertz CT molecular complexity index is 919. The second kappa shape index (κ2) is 6.96. The van der Waals surface area contributed by atoms with Gasteiger partial charge in [0.2, 0.25) is 10.0 Å². The fourth-order valence-corrected chi connectivity index (χ4v) is 5.22. The lowest BCUT2D eigenvalue weighted by Crippen LogP contribution is -2.40. The molecule has 0 bridgehead atoms. The Morgan fingerprint density at radius 2 is 1.77 bits per heavy atom. The summed E-state index contributed by atoms with van der Waals surface area (Å²) in [6.45, 7) is 7.89. The zero-order valence-corrected chi connectivity index (χ0v) is 16.4. The average Bonchev–Trinajstić information content (AvgIpc) is 2.96. The highest BCUT2D eigenvalue weighted by atomic mass is 32.2. The van der Waals surface area contributed by atoms with Crippen molar-refractivity contribution in [2.45, 2.75) is 45.4 Å². The fraction of sp³-hybridized carbons (Fsp3) is 0.474. The number of nitrogens with zero attached hydrogens (tertiary/aromatic N) is 2. The highest BCUT2D eigenvalue weighted by molar-refractivity contribution is 7.89. The third-order valence-electron chi connectivity index (χ3n) is 5.18. The predicted molar refractivity (Wildman–Crippen MR) is 97.7 cm³/mol. The molecule has 2 heterocycles. The van der Waals surface area contributed by atoms with Gasteiger partial charge in [0.1, 0.15) is 10.6 Å². The number of hydrogen-bond acceptors (Lipinski definition) is 5. The molecule has 0 radical (unpaired) electrons. The summed E-state index contributed by atoms with van der Waals surface area (Å²) >= 11 is 0. The van der Waals surface area contributed by atoms with Crippen LogP contribution in [0.4, 0.5) is 0 Å². The summed E-state index contributed by atoms with van der Waals surface area (Å²) in [4.78, 5) is 12.9. The number of aryl methyl sites for hydroxylation is 4. The standard InChI is InChI=1S/C19H24N2O4S/c1-12-5-6-17(11-13(12)2)18(22)16-7-9-21(10-8-16)26(23,24)19-14(3)20-25-15(19)4/h5-6,11,16H,7-10H2,1-4H3. The quantitative estimate of drug-likeness (QED) is 0.766. The summed E-state index contributed by atoms with van der Waals surface area (Å²) in [6.07, 6.45) is 1.04. The van der Waals surface area contributed by atoms with Crippen LogP contribution in [0.2, 0.25) is 0 Å². The Balaban J connectivity index is 1.73. The van der Waals surface area contributed by atoms with E-state index >= 15 is 0 Å². The van der Waals surface area contributed by atoms with Gasteiger partial charge in [-0.05, 0) is 57.7 Å². The van der Waals surface area contributed by atoms with Gasteiger partial charge < -0.3 is 4.52 Å². The molecule has 3 rings (SSSR count). The molecule has 26 heavy (non-hydrogen) atoms. The summed E-state index contributed by atoms with van der Waals surface area (Å²) < 4.78 is 32.2. The average molecular weight is 376 g/mol. The van der Waals surface area contributed by atoms with Crippen LogP contribution >= 0.6 is 0 Å². The Kier molecular flexibility index (Phi) is 5.03. The van der Waals surface area contributed by atoms with E-state index in [2.05, 4.69) is 5.16 Å². The maximum Gasteiger partial charge on any atom is 0.248 e. The first-order chi connectivity index (χ1) is 12.2. The monoisotopic (exact) mass is 376 g/mol. The SMILES string of the molecule is Cc1ccc(C(=O)C2CCN(S(=O)(=O)c3c(C)noc3C)CC2)cc1C. The number of benzene rings is 1. The van der Waals surface area contributed by atoms with Crippen molar-refractivity contribution in [3.05, 3.63) is 46.3 Å². The lowest BCUT2D eigenvalue weighted by molar-refractivity contribution is 0.0875. The van der Waals surface area contributed by atoms with Crippen LogP contribution < -0.4 is 0 Å². The molecule has 0 spiro atoms. The van der Waals surface area contributed by atoms with Crippen LogP contribution in [0.25, 0.3) is 0 Å². The normalized spacial score (nSPS) is 16.8. The smallest absolute Gasteiger partial charge is 0.248 e. The van der Waals surface area contributed by atoms with Gasteiger partial charge in [-0.15, -0.1) is 0 Å². The maximum absolute atomic E-state index is 12.9. The van der Waals surface area contributed by atoms with Gasteiger partial charge in [-0.2, -0.15) is 4.31 Å². The van der Waals surface area contributed by atoms with Gasteiger partial charge in [-0.25, -0.2) is 8.42 Å². The van der Waals surface area contributed by atoms with Crippen molar-refractivity contribution in [3.63, 3.8) is 0 Å². The van der Waals surface area contributed by atoms with Crippen molar-refractivity contribution in [2.24, 2.45) is 5.92 Å². The van der Waals surface area contributed by atoms with E-state index in [1.165, 1.54) is 4.31 Å². The van der Waals surface area contributed by atoms with E-state index in [1.54, 1.807) is 13.8 Å². The second-order valence-corrected chi connectivity index (χ2v) is 8.87. The van der Waals surface area contributed by atoms with Crippen molar-refractivity contribution < 1.29 is 17.7 Å². The zero-order chi connectivity index (χ0) is 19.1. The number of carbonyl (C=O) groups excluding carboxylic acids is 1. The third kappa shape index (κ3) is 3.33. The molecule has 7 heteroatoms. The number of Topliss-reactive ketones (excluding diaryl/α,β-unsaturated/α-hetero) is 1. The van der Waals surface area contributed by atoms with Gasteiger partial charge in [0.25, 0.3) is 0 Å². The van der Waals surface area contributed by atoms with Crippen LogP contribution in [-0.2, 0) is 10.0 Å². The summed E-state index contributed by atoms with van der Waals surface area (Å²) in [5.41, 5.74) is 3.33. The molecule has 0 unspecified atom stereocenters. The van der Waals surface area contributed by atoms with Gasteiger partial charge in [0, 0.05) is 24.6 Å². The largest absolute Gasteiger partial charge is 0.360 e. The van der Waals surface area contributed by atoms with Crippen LogP contribution in [0.5, 0.6) is 0 Å². The molecule has 6 nitrogen and oxygen atoms in total. The van der Waals surface area contributed by atoms with Crippen molar-refractivity contribution in [2.75, 3.05) is 13.1 Å². The van der Waals surface area contributed by atoms with Crippen molar-refractivity contribution >= 4 is 15.8 Å². The molecule has 1 fully saturated rings. The number of carbonyl (C=O) groups is 1. The highest BCUT2D eigenvalue weighted by Crippen LogP contribution is 2.29. The Morgan fingerprint density at radius 1 is 1.12 bits per heavy atom. The highest BCUT2D eigenvalue weighted by Gasteiger charge is 2.35. The number of sulfonamides is 1. The van der Waals surface area contributed by atoms with E-state index in [0.717, 1.165) is 11.1 Å². The van der Waals surface area contributed by atoms with Gasteiger partial charge >= 0.3 is 0 Å². The minimum absolute atomic E-state index is 0.0995. The lowest BCUT2D eigenvalue weighted by Gasteiger charge is -2.30. The number of aromatic nitrogens is 1. The molecule has 140 valence electrons. The van der Waals surface area contributed by atoms with Crippen molar-refractivity contribution in [1.82, 2.24) is 9.46 Å². The number of rotatable bonds is 4. The zero-order valence-electron chi connectivity index (χ0n) is 15.6. The van der Waals surface area contributed by atoms with Crippen LogP contribution in [-0.4, -0.2) is 36.8 Å². The first kappa shape index (κ1) is 18.8. The molecule has 1 aliphatic heterocycles. The van der Waals surface area contributed by atoms with Gasteiger partial charge in [0.05, 0.1) is 0 Å². The third-order valence-corrected chi connectivity index (χ3v) is 7.33. The molecular formula is C19H24N2O4S.